The highest BCUT2D eigenvalue weighted by atomic mass is 79.9. The maximum Gasteiger partial charge on any atom is 0.308 e. The van der Waals surface area contributed by atoms with Gasteiger partial charge in [0.15, 0.2) is 0 Å². The molecule has 0 aromatic heterocycles. The molecule has 0 spiro atoms. The summed E-state index contributed by atoms with van der Waals surface area (Å²) < 4.78 is 18.1. The van der Waals surface area contributed by atoms with Crippen LogP contribution in [0.3, 0.4) is 0 Å². The molecule has 88 valence electrons. The van der Waals surface area contributed by atoms with Crippen molar-refractivity contribution in [1.82, 2.24) is 0 Å². The van der Waals surface area contributed by atoms with E-state index in [9.17, 15) is 9.18 Å². The van der Waals surface area contributed by atoms with Crippen molar-refractivity contribution in [3.8, 4) is 5.75 Å². The van der Waals surface area contributed by atoms with E-state index in [0.29, 0.717) is 17.7 Å². The Morgan fingerprint density at radius 3 is 2.81 bits per heavy atom. The van der Waals surface area contributed by atoms with E-state index in [-0.39, 0.29) is 10.6 Å². The van der Waals surface area contributed by atoms with Crippen LogP contribution in [-0.2, 0) is 11.2 Å². The van der Waals surface area contributed by atoms with Gasteiger partial charge in [0.1, 0.15) is 11.6 Å². The van der Waals surface area contributed by atoms with Crippen LogP contribution in [0, 0.1) is 5.82 Å². The third kappa shape index (κ3) is 4.22. The summed E-state index contributed by atoms with van der Waals surface area (Å²) in [6.07, 6.45) is 0.589. The number of carbonyl (C=O) groups is 1. The second-order valence-corrected chi connectivity index (χ2v) is 5.24. The molecule has 0 fully saturated rings. The van der Waals surface area contributed by atoms with Crippen LogP contribution in [0.25, 0.3) is 0 Å². The molecule has 2 nitrogen and oxygen atoms in total. The summed E-state index contributed by atoms with van der Waals surface area (Å²) in [7, 11) is 0. The molecular weight excluding hydrogens is 343 g/mol. The van der Waals surface area contributed by atoms with Gasteiger partial charge in [0, 0.05) is 17.1 Å². The molecular formula is C11H11Br2FO2. The molecule has 1 rings (SSSR count). The summed E-state index contributed by atoms with van der Waals surface area (Å²) in [5.41, 5.74) is 0.677. The van der Waals surface area contributed by atoms with Crippen LogP contribution in [0.4, 0.5) is 4.39 Å². The average Bonchev–Trinajstić information content (AvgIpc) is 2.21. The molecule has 1 aromatic rings. The van der Waals surface area contributed by atoms with E-state index in [1.54, 1.807) is 0 Å². The van der Waals surface area contributed by atoms with Gasteiger partial charge in [0.05, 0.1) is 0 Å². The standard InChI is InChI=1S/C11H11Br2FO2/c1-7(15)16-11-3-2-10(14)5-8(11)4-9(13)6-12/h2-3,5,9H,4,6H2,1H3. The number of hydrogen-bond donors (Lipinski definition) is 0. The fourth-order valence-corrected chi connectivity index (χ4v) is 1.83. The fourth-order valence-electron chi connectivity index (χ4n) is 1.26. The minimum Gasteiger partial charge on any atom is -0.426 e. The Labute approximate surface area is 110 Å². The molecule has 1 unspecified atom stereocenters. The van der Waals surface area contributed by atoms with Gasteiger partial charge < -0.3 is 4.74 Å². The number of halogens is 3. The smallest absolute Gasteiger partial charge is 0.308 e. The number of ether oxygens (including phenoxy) is 1. The Morgan fingerprint density at radius 1 is 1.56 bits per heavy atom. The highest BCUT2D eigenvalue weighted by molar-refractivity contribution is 9.12. The normalized spacial score (nSPS) is 12.2. The lowest BCUT2D eigenvalue weighted by atomic mass is 10.1. The van der Waals surface area contributed by atoms with Crippen LogP contribution in [-0.4, -0.2) is 16.1 Å². The van der Waals surface area contributed by atoms with Gasteiger partial charge in [-0.1, -0.05) is 31.9 Å². The quantitative estimate of drug-likeness (QED) is 0.470. The van der Waals surface area contributed by atoms with Gasteiger partial charge in [-0.25, -0.2) is 4.39 Å². The highest BCUT2D eigenvalue weighted by Gasteiger charge is 2.11. The van der Waals surface area contributed by atoms with Gasteiger partial charge in [-0.2, -0.15) is 0 Å². The van der Waals surface area contributed by atoms with Crippen LogP contribution in [0.2, 0.25) is 0 Å². The number of hydrogen-bond acceptors (Lipinski definition) is 2. The molecule has 1 aromatic carbocycles. The molecule has 0 amide bonds. The number of alkyl halides is 2. The number of benzene rings is 1. The molecule has 0 bridgehead atoms. The van der Waals surface area contributed by atoms with Gasteiger partial charge in [0.2, 0.25) is 0 Å². The second-order valence-electron chi connectivity index (χ2n) is 3.30. The second kappa shape index (κ2) is 6.35. The Kier molecular flexibility index (Phi) is 5.41. The van der Waals surface area contributed by atoms with Crippen molar-refractivity contribution in [2.24, 2.45) is 0 Å². The summed E-state index contributed by atoms with van der Waals surface area (Å²) in [5, 5.41) is 0.739. The van der Waals surface area contributed by atoms with Crippen LogP contribution in [0.1, 0.15) is 12.5 Å². The lowest BCUT2D eigenvalue weighted by molar-refractivity contribution is -0.131. The summed E-state index contributed by atoms with van der Waals surface area (Å²) in [6, 6.07) is 4.13. The van der Waals surface area contributed by atoms with Gasteiger partial charge >= 0.3 is 5.97 Å². The van der Waals surface area contributed by atoms with Crippen molar-refractivity contribution >= 4 is 37.8 Å². The summed E-state index contributed by atoms with van der Waals surface area (Å²) in [6.45, 7) is 1.32. The molecule has 1 atom stereocenters. The third-order valence-corrected chi connectivity index (χ3v) is 4.18. The topological polar surface area (TPSA) is 26.3 Å². The van der Waals surface area contributed by atoms with Crippen LogP contribution < -0.4 is 4.74 Å². The molecule has 0 N–H and O–H groups in total. The predicted molar refractivity (Wildman–Crippen MR) is 67.9 cm³/mol. The molecule has 0 aliphatic carbocycles. The molecule has 16 heavy (non-hydrogen) atoms. The van der Waals surface area contributed by atoms with Crippen LogP contribution in [0.15, 0.2) is 18.2 Å². The van der Waals surface area contributed by atoms with Crippen molar-refractivity contribution in [3.63, 3.8) is 0 Å². The first-order valence-electron chi connectivity index (χ1n) is 4.69. The van der Waals surface area contributed by atoms with Crippen molar-refractivity contribution in [1.29, 1.82) is 0 Å². The zero-order valence-corrected chi connectivity index (χ0v) is 11.8. The molecule has 0 aliphatic rings. The number of esters is 1. The predicted octanol–water partition coefficient (Wildman–Crippen LogP) is 3.45. The van der Waals surface area contributed by atoms with E-state index in [1.165, 1.54) is 25.1 Å². The molecule has 0 radical (unpaired) electrons. The van der Waals surface area contributed by atoms with Gasteiger partial charge in [-0.3, -0.25) is 4.79 Å². The molecule has 0 saturated carbocycles. The van der Waals surface area contributed by atoms with Crippen LogP contribution >= 0.6 is 31.9 Å². The van der Waals surface area contributed by atoms with Gasteiger partial charge in [-0.05, 0) is 30.2 Å². The molecule has 0 aliphatic heterocycles. The Balaban J connectivity index is 2.93. The summed E-state index contributed by atoms with van der Waals surface area (Å²) in [4.78, 5) is 11.0. The largest absolute Gasteiger partial charge is 0.426 e. The Hall–Kier alpha value is -0.420. The van der Waals surface area contributed by atoms with Crippen molar-refractivity contribution in [2.75, 3.05) is 5.33 Å². The van der Waals surface area contributed by atoms with E-state index < -0.39 is 5.97 Å². The lowest BCUT2D eigenvalue weighted by Crippen LogP contribution is -2.09. The minimum atomic E-state index is -0.405. The van der Waals surface area contributed by atoms with Crippen molar-refractivity contribution in [3.05, 3.63) is 29.6 Å². The number of rotatable bonds is 4. The van der Waals surface area contributed by atoms with E-state index in [2.05, 4.69) is 31.9 Å². The summed E-state index contributed by atoms with van der Waals surface area (Å²) in [5.74, 6) is -0.322. The van der Waals surface area contributed by atoms with E-state index in [4.69, 9.17) is 4.74 Å². The zero-order chi connectivity index (χ0) is 12.1. The van der Waals surface area contributed by atoms with Crippen LogP contribution in [0.5, 0.6) is 5.75 Å². The maximum absolute atomic E-state index is 13.1. The Bertz CT molecular complexity index is 382. The molecule has 0 heterocycles. The first kappa shape index (κ1) is 13.6. The molecule has 0 saturated heterocycles. The van der Waals surface area contributed by atoms with Gasteiger partial charge in [-0.15, -0.1) is 0 Å². The Morgan fingerprint density at radius 2 is 2.25 bits per heavy atom. The maximum atomic E-state index is 13.1. The zero-order valence-electron chi connectivity index (χ0n) is 8.67. The first-order chi connectivity index (χ1) is 7.52. The van der Waals surface area contributed by atoms with Gasteiger partial charge in [0.25, 0.3) is 0 Å². The van der Waals surface area contributed by atoms with E-state index >= 15 is 0 Å². The SMILES string of the molecule is CC(=O)Oc1ccc(F)cc1CC(Br)CBr. The summed E-state index contributed by atoms with van der Waals surface area (Å²) >= 11 is 6.75. The lowest BCUT2D eigenvalue weighted by Gasteiger charge is -2.11. The minimum absolute atomic E-state index is 0.170. The monoisotopic (exact) mass is 352 g/mol. The number of carbonyl (C=O) groups excluding carboxylic acids is 1. The fraction of sp³-hybridized carbons (Fsp3) is 0.364. The molecule has 5 heteroatoms. The highest BCUT2D eigenvalue weighted by Crippen LogP contribution is 2.24. The first-order valence-corrected chi connectivity index (χ1v) is 6.73. The average molecular weight is 354 g/mol. The van der Waals surface area contributed by atoms with E-state index in [0.717, 1.165) is 5.33 Å². The van der Waals surface area contributed by atoms with Crippen molar-refractivity contribution in [2.45, 2.75) is 18.2 Å². The van der Waals surface area contributed by atoms with Crippen molar-refractivity contribution < 1.29 is 13.9 Å². The van der Waals surface area contributed by atoms with E-state index in [1.807, 2.05) is 0 Å². The third-order valence-electron chi connectivity index (χ3n) is 1.89.